The van der Waals surface area contributed by atoms with Gasteiger partial charge in [-0.1, -0.05) is 18.2 Å². The molecule has 0 radical (unpaired) electrons. The van der Waals surface area contributed by atoms with Crippen molar-refractivity contribution in [3.05, 3.63) is 57.2 Å². The SMILES string of the molecule is Cc1cc(I)cc(-c2ccc(C(F)(F)F)cc2)c1. The molecule has 0 bridgehead atoms. The van der Waals surface area contributed by atoms with Gasteiger partial charge in [-0.05, 0) is 70.5 Å². The normalized spacial score (nSPS) is 11.6. The lowest BCUT2D eigenvalue weighted by Gasteiger charge is -2.08. The van der Waals surface area contributed by atoms with Gasteiger partial charge in [-0.2, -0.15) is 13.2 Å². The zero-order chi connectivity index (χ0) is 13.3. The predicted molar refractivity (Wildman–Crippen MR) is 74.3 cm³/mol. The Labute approximate surface area is 117 Å². The number of aryl methyl sites for hydroxylation is 1. The van der Waals surface area contributed by atoms with Gasteiger partial charge in [0.1, 0.15) is 0 Å². The number of benzene rings is 2. The maximum atomic E-state index is 12.4. The summed E-state index contributed by atoms with van der Waals surface area (Å²) < 4.78 is 38.4. The fourth-order valence-electron chi connectivity index (χ4n) is 1.75. The Morgan fingerprint density at radius 3 is 2.00 bits per heavy atom. The van der Waals surface area contributed by atoms with E-state index in [-0.39, 0.29) is 0 Å². The molecule has 0 aliphatic carbocycles. The van der Waals surface area contributed by atoms with Gasteiger partial charge in [-0.3, -0.25) is 0 Å². The molecule has 0 nitrogen and oxygen atoms in total. The second kappa shape index (κ2) is 4.91. The van der Waals surface area contributed by atoms with E-state index in [4.69, 9.17) is 0 Å². The van der Waals surface area contributed by atoms with Crippen molar-refractivity contribution in [2.24, 2.45) is 0 Å². The van der Waals surface area contributed by atoms with E-state index in [1.165, 1.54) is 12.1 Å². The zero-order valence-electron chi connectivity index (χ0n) is 9.55. The Morgan fingerprint density at radius 2 is 1.50 bits per heavy atom. The van der Waals surface area contributed by atoms with Crippen molar-refractivity contribution in [2.75, 3.05) is 0 Å². The Kier molecular flexibility index (Phi) is 3.66. The lowest BCUT2D eigenvalue weighted by Crippen LogP contribution is -2.03. The molecule has 0 aliphatic heterocycles. The van der Waals surface area contributed by atoms with E-state index in [1.54, 1.807) is 0 Å². The van der Waals surface area contributed by atoms with E-state index in [9.17, 15) is 13.2 Å². The van der Waals surface area contributed by atoms with Gasteiger partial charge in [0.25, 0.3) is 0 Å². The Balaban J connectivity index is 2.40. The number of hydrogen-bond donors (Lipinski definition) is 0. The van der Waals surface area contributed by atoms with E-state index in [2.05, 4.69) is 22.6 Å². The number of rotatable bonds is 1. The molecule has 0 N–H and O–H groups in total. The monoisotopic (exact) mass is 362 g/mol. The molecule has 0 saturated heterocycles. The maximum absolute atomic E-state index is 12.4. The Morgan fingerprint density at radius 1 is 0.889 bits per heavy atom. The van der Waals surface area contributed by atoms with Crippen LogP contribution in [-0.2, 0) is 6.18 Å². The fourth-order valence-corrected chi connectivity index (χ4v) is 2.58. The lowest BCUT2D eigenvalue weighted by atomic mass is 10.0. The third kappa shape index (κ3) is 3.04. The summed E-state index contributed by atoms with van der Waals surface area (Å²) in [7, 11) is 0. The highest BCUT2D eigenvalue weighted by atomic mass is 127. The van der Waals surface area contributed by atoms with Gasteiger partial charge in [-0.15, -0.1) is 0 Å². The first-order valence-electron chi connectivity index (χ1n) is 5.31. The van der Waals surface area contributed by atoms with Crippen LogP contribution in [0.25, 0.3) is 11.1 Å². The molecule has 0 saturated carbocycles. The van der Waals surface area contributed by atoms with E-state index < -0.39 is 11.7 Å². The van der Waals surface area contributed by atoms with Crippen LogP contribution >= 0.6 is 22.6 Å². The fraction of sp³-hybridized carbons (Fsp3) is 0.143. The molecule has 18 heavy (non-hydrogen) atoms. The quantitative estimate of drug-likeness (QED) is 0.605. The summed E-state index contributed by atoms with van der Waals surface area (Å²) in [5, 5.41) is 0. The molecule has 0 amide bonds. The summed E-state index contributed by atoms with van der Waals surface area (Å²) in [4.78, 5) is 0. The molecule has 94 valence electrons. The van der Waals surface area contributed by atoms with Crippen molar-refractivity contribution < 1.29 is 13.2 Å². The minimum Gasteiger partial charge on any atom is -0.166 e. The summed E-state index contributed by atoms with van der Waals surface area (Å²) >= 11 is 2.20. The average molecular weight is 362 g/mol. The predicted octanol–water partition coefficient (Wildman–Crippen LogP) is 5.29. The van der Waals surface area contributed by atoms with Crippen LogP contribution in [0.3, 0.4) is 0 Å². The molecule has 0 spiro atoms. The molecule has 0 heterocycles. The van der Waals surface area contributed by atoms with Gasteiger partial charge in [0, 0.05) is 3.57 Å². The molecule has 0 aliphatic rings. The van der Waals surface area contributed by atoms with Crippen molar-refractivity contribution in [2.45, 2.75) is 13.1 Å². The van der Waals surface area contributed by atoms with Gasteiger partial charge >= 0.3 is 6.18 Å². The van der Waals surface area contributed by atoms with Gasteiger partial charge in [0.15, 0.2) is 0 Å². The van der Waals surface area contributed by atoms with Gasteiger partial charge in [0.2, 0.25) is 0 Å². The van der Waals surface area contributed by atoms with Crippen LogP contribution in [-0.4, -0.2) is 0 Å². The third-order valence-electron chi connectivity index (χ3n) is 2.59. The number of halogens is 4. The molecule has 0 aromatic heterocycles. The minimum absolute atomic E-state index is 0.617. The second-order valence-corrected chi connectivity index (χ2v) is 5.34. The molecule has 0 fully saturated rings. The average Bonchev–Trinajstić information content (AvgIpc) is 2.27. The summed E-state index contributed by atoms with van der Waals surface area (Å²) in [5.74, 6) is 0. The molecule has 2 aromatic carbocycles. The second-order valence-electron chi connectivity index (χ2n) is 4.09. The smallest absolute Gasteiger partial charge is 0.166 e. The topological polar surface area (TPSA) is 0 Å². The molecular weight excluding hydrogens is 352 g/mol. The molecule has 4 heteroatoms. The van der Waals surface area contributed by atoms with Crippen LogP contribution in [0.4, 0.5) is 13.2 Å². The summed E-state index contributed by atoms with van der Waals surface area (Å²) in [6.07, 6.45) is -4.28. The Bertz CT molecular complexity index is 536. The van der Waals surface area contributed by atoms with Crippen molar-refractivity contribution in [3.8, 4) is 11.1 Å². The van der Waals surface area contributed by atoms with E-state index in [0.29, 0.717) is 0 Å². The standard InChI is InChI=1S/C14H10F3I/c1-9-6-11(8-13(18)7-9)10-2-4-12(5-3-10)14(15,16)17/h2-8H,1H3. The Hall–Kier alpha value is -1.04. The van der Waals surface area contributed by atoms with Crippen molar-refractivity contribution in [1.82, 2.24) is 0 Å². The summed E-state index contributed by atoms with van der Waals surface area (Å²) in [5.41, 5.74) is 2.21. The highest BCUT2D eigenvalue weighted by molar-refractivity contribution is 14.1. The highest BCUT2D eigenvalue weighted by Gasteiger charge is 2.29. The summed E-state index contributed by atoms with van der Waals surface area (Å²) in [6.45, 7) is 1.97. The first kappa shape index (κ1) is 13.4. The van der Waals surface area contributed by atoms with Crippen LogP contribution < -0.4 is 0 Å². The van der Waals surface area contributed by atoms with Crippen molar-refractivity contribution in [1.29, 1.82) is 0 Å². The van der Waals surface area contributed by atoms with Crippen LogP contribution in [0.5, 0.6) is 0 Å². The molecule has 0 unspecified atom stereocenters. The molecule has 2 aromatic rings. The van der Waals surface area contributed by atoms with E-state index in [0.717, 1.165) is 32.4 Å². The van der Waals surface area contributed by atoms with E-state index in [1.807, 2.05) is 25.1 Å². The van der Waals surface area contributed by atoms with Crippen molar-refractivity contribution >= 4 is 22.6 Å². The maximum Gasteiger partial charge on any atom is 0.416 e. The van der Waals surface area contributed by atoms with Gasteiger partial charge < -0.3 is 0 Å². The zero-order valence-corrected chi connectivity index (χ0v) is 11.7. The van der Waals surface area contributed by atoms with Crippen LogP contribution in [0.1, 0.15) is 11.1 Å². The first-order chi connectivity index (χ1) is 8.36. The van der Waals surface area contributed by atoms with Gasteiger partial charge in [0.05, 0.1) is 5.56 Å². The van der Waals surface area contributed by atoms with Gasteiger partial charge in [-0.25, -0.2) is 0 Å². The van der Waals surface area contributed by atoms with Crippen LogP contribution in [0, 0.1) is 10.5 Å². The van der Waals surface area contributed by atoms with Crippen LogP contribution in [0.2, 0.25) is 0 Å². The summed E-state index contributed by atoms with van der Waals surface area (Å²) in [6, 6.07) is 11.2. The number of alkyl halides is 3. The first-order valence-corrected chi connectivity index (χ1v) is 6.39. The lowest BCUT2D eigenvalue weighted by molar-refractivity contribution is -0.137. The largest absolute Gasteiger partial charge is 0.416 e. The molecule has 0 atom stereocenters. The highest BCUT2D eigenvalue weighted by Crippen LogP contribution is 2.31. The molecule has 2 rings (SSSR count). The molecular formula is C14H10F3I. The van der Waals surface area contributed by atoms with E-state index >= 15 is 0 Å². The minimum atomic E-state index is -4.28. The van der Waals surface area contributed by atoms with Crippen molar-refractivity contribution in [3.63, 3.8) is 0 Å². The number of hydrogen-bond acceptors (Lipinski definition) is 0. The van der Waals surface area contributed by atoms with Crippen LogP contribution in [0.15, 0.2) is 42.5 Å². The third-order valence-corrected chi connectivity index (χ3v) is 3.21.